The fraction of sp³-hybridized carbons (Fsp3) is 0. The Hall–Kier alpha value is -7.21. The molecule has 0 N–H and O–H groups in total. The average molecular weight is 734 g/mol. The number of benzene rings is 8. The molecule has 5 heteroatoms. The maximum Gasteiger partial charge on any atom is 0.164 e. The largest absolute Gasteiger partial charge is 0.456 e. The van der Waals surface area contributed by atoms with Gasteiger partial charge >= 0.3 is 0 Å². The molecule has 56 heavy (non-hydrogen) atoms. The highest BCUT2D eigenvalue weighted by Gasteiger charge is 2.20. The van der Waals surface area contributed by atoms with Crippen molar-refractivity contribution in [1.29, 1.82) is 0 Å². The minimum atomic E-state index is 0.593. The molecule has 0 saturated carbocycles. The number of furan rings is 1. The fourth-order valence-corrected chi connectivity index (χ4v) is 9.12. The van der Waals surface area contributed by atoms with Crippen LogP contribution >= 0.6 is 11.3 Å². The summed E-state index contributed by atoms with van der Waals surface area (Å²) in [6.45, 7) is 0. The second kappa shape index (κ2) is 13.3. The first kappa shape index (κ1) is 32.2. The summed E-state index contributed by atoms with van der Waals surface area (Å²) >= 11 is 1.86. The van der Waals surface area contributed by atoms with Gasteiger partial charge in [-0.2, -0.15) is 0 Å². The van der Waals surface area contributed by atoms with Gasteiger partial charge in [0.15, 0.2) is 17.5 Å². The van der Waals surface area contributed by atoms with Gasteiger partial charge in [-0.3, -0.25) is 0 Å². The molecule has 0 saturated heterocycles. The Balaban J connectivity index is 1.05. The van der Waals surface area contributed by atoms with E-state index < -0.39 is 0 Å². The van der Waals surface area contributed by atoms with E-state index in [1.165, 1.54) is 31.3 Å². The van der Waals surface area contributed by atoms with E-state index in [4.69, 9.17) is 19.4 Å². The Morgan fingerprint density at radius 2 is 0.786 bits per heavy atom. The second-order valence-corrected chi connectivity index (χ2v) is 15.0. The van der Waals surface area contributed by atoms with E-state index in [1.807, 2.05) is 65.9 Å². The first-order valence-corrected chi connectivity index (χ1v) is 19.5. The smallest absolute Gasteiger partial charge is 0.164 e. The molecular weight excluding hydrogens is 703 g/mol. The summed E-state index contributed by atoms with van der Waals surface area (Å²) in [5, 5.41) is 4.62. The van der Waals surface area contributed by atoms with Crippen LogP contribution < -0.4 is 0 Å². The van der Waals surface area contributed by atoms with Crippen LogP contribution in [0.2, 0.25) is 0 Å². The second-order valence-electron chi connectivity index (χ2n) is 13.9. The van der Waals surface area contributed by atoms with Crippen molar-refractivity contribution < 1.29 is 4.42 Å². The molecule has 0 atom stereocenters. The summed E-state index contributed by atoms with van der Waals surface area (Å²) in [6.07, 6.45) is 0. The summed E-state index contributed by atoms with van der Waals surface area (Å²) in [5.41, 5.74) is 11.3. The van der Waals surface area contributed by atoms with E-state index in [0.717, 1.165) is 60.9 Å². The highest BCUT2D eigenvalue weighted by Crippen LogP contribution is 2.43. The van der Waals surface area contributed by atoms with Crippen LogP contribution in [-0.4, -0.2) is 15.0 Å². The maximum absolute atomic E-state index is 6.56. The van der Waals surface area contributed by atoms with Gasteiger partial charge in [0.2, 0.25) is 0 Å². The van der Waals surface area contributed by atoms with Crippen molar-refractivity contribution in [3.63, 3.8) is 0 Å². The molecule has 11 aromatic rings. The Labute approximate surface area is 327 Å². The van der Waals surface area contributed by atoms with E-state index >= 15 is 0 Å². The van der Waals surface area contributed by atoms with Gasteiger partial charge in [0.05, 0.1) is 0 Å². The monoisotopic (exact) mass is 733 g/mol. The summed E-state index contributed by atoms with van der Waals surface area (Å²) in [7, 11) is 0. The van der Waals surface area contributed by atoms with Crippen molar-refractivity contribution in [1.82, 2.24) is 15.0 Å². The van der Waals surface area contributed by atoms with Crippen molar-refractivity contribution >= 4 is 53.4 Å². The van der Waals surface area contributed by atoms with Crippen LogP contribution in [0.3, 0.4) is 0 Å². The van der Waals surface area contributed by atoms with Crippen molar-refractivity contribution in [3.05, 3.63) is 188 Å². The molecule has 0 aliphatic rings. The molecule has 0 aliphatic heterocycles. The quantitative estimate of drug-likeness (QED) is 0.171. The van der Waals surface area contributed by atoms with Crippen molar-refractivity contribution in [2.75, 3.05) is 0 Å². The van der Waals surface area contributed by atoms with Gasteiger partial charge < -0.3 is 4.42 Å². The average Bonchev–Trinajstić information content (AvgIpc) is 3.86. The molecule has 3 heterocycles. The Morgan fingerprint density at radius 3 is 1.50 bits per heavy atom. The molecule has 262 valence electrons. The van der Waals surface area contributed by atoms with Crippen molar-refractivity contribution in [2.45, 2.75) is 0 Å². The fourth-order valence-electron chi connectivity index (χ4n) is 7.88. The number of rotatable bonds is 6. The molecule has 0 bridgehead atoms. The number of aromatic nitrogens is 3. The number of hydrogen-bond donors (Lipinski definition) is 0. The van der Waals surface area contributed by atoms with Gasteiger partial charge in [0.1, 0.15) is 11.2 Å². The minimum Gasteiger partial charge on any atom is -0.456 e. The highest BCUT2D eigenvalue weighted by molar-refractivity contribution is 7.26. The molecule has 0 amide bonds. The van der Waals surface area contributed by atoms with E-state index in [0.29, 0.717) is 17.5 Å². The zero-order valence-electron chi connectivity index (χ0n) is 30.1. The molecule has 0 unspecified atom stereocenters. The number of nitrogens with zero attached hydrogens (tertiary/aromatic N) is 3. The van der Waals surface area contributed by atoms with E-state index in [9.17, 15) is 0 Å². The van der Waals surface area contributed by atoms with Crippen LogP contribution in [0.5, 0.6) is 0 Å². The molecule has 0 fully saturated rings. The maximum atomic E-state index is 6.56. The third-order valence-electron chi connectivity index (χ3n) is 10.6. The summed E-state index contributed by atoms with van der Waals surface area (Å²) in [5.74, 6) is 1.82. The number of thiophene rings is 1. The van der Waals surface area contributed by atoms with Crippen LogP contribution in [0, 0.1) is 0 Å². The van der Waals surface area contributed by atoms with Gasteiger partial charge in [0.25, 0.3) is 0 Å². The van der Waals surface area contributed by atoms with Crippen LogP contribution in [0.15, 0.2) is 192 Å². The molecule has 0 radical (unpaired) electrons. The number of fused-ring (bicyclic) bond motifs is 6. The van der Waals surface area contributed by atoms with E-state index in [-0.39, 0.29) is 0 Å². The van der Waals surface area contributed by atoms with Gasteiger partial charge in [-0.05, 0) is 51.6 Å². The van der Waals surface area contributed by atoms with Crippen LogP contribution in [0.1, 0.15) is 0 Å². The standard InChI is InChI=1S/C51H31N3OS/c1-3-12-32(13-4-1)33-24-30-37(31-25-33)50-52-49(36-14-5-2-6-15-36)53-51(54-50)42-20-11-22-44-47(42)46-38(17-10-21-43(46)55-44)34-26-28-35(29-27-34)39-18-9-19-41-40-16-7-8-23-45(40)56-48(39)41/h1-31H. The summed E-state index contributed by atoms with van der Waals surface area (Å²) in [6, 6.07) is 65.6. The van der Waals surface area contributed by atoms with Crippen LogP contribution in [0.25, 0.3) is 110 Å². The molecule has 3 aromatic heterocycles. The van der Waals surface area contributed by atoms with Crippen molar-refractivity contribution in [2.24, 2.45) is 0 Å². The third kappa shape index (κ3) is 5.48. The Kier molecular flexibility index (Phi) is 7.64. The summed E-state index contributed by atoms with van der Waals surface area (Å²) < 4.78 is 9.18. The Morgan fingerprint density at radius 1 is 0.321 bits per heavy atom. The van der Waals surface area contributed by atoms with E-state index in [1.54, 1.807) is 0 Å². The Bertz CT molecular complexity index is 3220. The predicted molar refractivity (Wildman–Crippen MR) is 233 cm³/mol. The number of hydrogen-bond acceptors (Lipinski definition) is 5. The lowest BCUT2D eigenvalue weighted by Crippen LogP contribution is -2.00. The van der Waals surface area contributed by atoms with Crippen LogP contribution in [0.4, 0.5) is 0 Å². The zero-order valence-corrected chi connectivity index (χ0v) is 30.9. The highest BCUT2D eigenvalue weighted by atomic mass is 32.1. The van der Waals surface area contributed by atoms with Gasteiger partial charge in [-0.15, -0.1) is 11.3 Å². The molecule has 0 spiro atoms. The minimum absolute atomic E-state index is 0.593. The van der Waals surface area contributed by atoms with Crippen LogP contribution in [-0.2, 0) is 0 Å². The molecular formula is C51H31N3OS. The molecule has 0 aliphatic carbocycles. The van der Waals surface area contributed by atoms with E-state index in [2.05, 4.69) is 133 Å². The topological polar surface area (TPSA) is 51.8 Å². The molecule has 11 rings (SSSR count). The normalized spacial score (nSPS) is 11.6. The van der Waals surface area contributed by atoms with Gasteiger partial charge in [0, 0.05) is 47.6 Å². The zero-order chi connectivity index (χ0) is 37.0. The predicted octanol–water partition coefficient (Wildman–Crippen LogP) is 14.1. The lowest BCUT2D eigenvalue weighted by molar-refractivity contribution is 0.669. The molecule has 4 nitrogen and oxygen atoms in total. The SMILES string of the molecule is c1ccc(-c2ccc(-c3nc(-c4ccccc4)nc(-c4cccc5oc6cccc(-c7ccc(-c8cccc9c8sc8ccccc89)cc7)c6c45)n3)cc2)cc1. The van der Waals surface area contributed by atoms with Crippen molar-refractivity contribution in [3.8, 4) is 67.5 Å². The third-order valence-corrected chi connectivity index (χ3v) is 11.8. The van der Waals surface area contributed by atoms with Gasteiger partial charge in [-0.1, -0.05) is 170 Å². The first-order chi connectivity index (χ1) is 27.7. The lowest BCUT2D eigenvalue weighted by atomic mass is 9.95. The molecule has 8 aromatic carbocycles. The summed E-state index contributed by atoms with van der Waals surface area (Å²) in [4.78, 5) is 15.3. The first-order valence-electron chi connectivity index (χ1n) is 18.7. The van der Waals surface area contributed by atoms with Gasteiger partial charge in [-0.25, -0.2) is 15.0 Å². The lowest BCUT2D eigenvalue weighted by Gasteiger charge is -2.11.